The largest absolute Gasteiger partial charge is 0.480 e. The zero-order valence-electron chi connectivity index (χ0n) is 15.2. The molecule has 1 amide bonds. The average Bonchev–Trinajstić information content (AvgIpc) is 3.07. The number of carboxylic acid groups (broad SMARTS) is 1. The molecule has 0 radical (unpaired) electrons. The number of halogens is 1. The fourth-order valence-corrected chi connectivity index (χ4v) is 4.52. The molecule has 2 aliphatic carbocycles. The first-order chi connectivity index (χ1) is 12.4. The van der Waals surface area contributed by atoms with Crippen molar-refractivity contribution in [3.05, 3.63) is 34.9 Å². The Morgan fingerprint density at radius 3 is 2.38 bits per heavy atom. The van der Waals surface area contributed by atoms with Gasteiger partial charge in [0.15, 0.2) is 0 Å². The van der Waals surface area contributed by atoms with Crippen LogP contribution < -0.4 is 5.32 Å². The Kier molecular flexibility index (Phi) is 5.88. The Morgan fingerprint density at radius 1 is 1.23 bits per heavy atom. The molecule has 2 saturated carbocycles. The lowest BCUT2D eigenvalue weighted by Crippen LogP contribution is -2.57. The van der Waals surface area contributed by atoms with Crippen molar-refractivity contribution < 1.29 is 14.7 Å². The van der Waals surface area contributed by atoms with E-state index in [1.54, 1.807) is 0 Å². The molecule has 26 heavy (non-hydrogen) atoms. The lowest BCUT2D eigenvalue weighted by atomic mass is 9.76. The molecule has 1 aromatic rings. The SMILES string of the molecule is CCN(CC(=O)O)C1CC(NC(=O)C2(c3ccc(Cl)cc3)CCCC2)C1. The number of carboxylic acids is 1. The first kappa shape index (κ1) is 19.2. The summed E-state index contributed by atoms with van der Waals surface area (Å²) in [5, 5.41) is 12.9. The van der Waals surface area contributed by atoms with Crippen LogP contribution in [0.5, 0.6) is 0 Å². The third kappa shape index (κ3) is 3.89. The summed E-state index contributed by atoms with van der Waals surface area (Å²) in [5.74, 6) is -0.686. The Hall–Kier alpha value is -1.59. The molecule has 6 heteroatoms. The summed E-state index contributed by atoms with van der Waals surface area (Å²) >= 11 is 6.01. The smallest absolute Gasteiger partial charge is 0.317 e. The number of rotatable bonds is 7. The lowest BCUT2D eigenvalue weighted by Gasteiger charge is -2.43. The molecule has 0 aliphatic heterocycles. The maximum Gasteiger partial charge on any atom is 0.317 e. The van der Waals surface area contributed by atoms with Crippen LogP contribution in [0.15, 0.2) is 24.3 Å². The summed E-state index contributed by atoms with van der Waals surface area (Å²) in [4.78, 5) is 26.0. The molecule has 0 heterocycles. The molecule has 0 spiro atoms. The number of aliphatic carboxylic acids is 1. The Labute approximate surface area is 159 Å². The van der Waals surface area contributed by atoms with Crippen LogP contribution in [0, 0.1) is 0 Å². The number of benzene rings is 1. The quantitative estimate of drug-likeness (QED) is 0.764. The predicted octanol–water partition coefficient (Wildman–Crippen LogP) is 3.21. The van der Waals surface area contributed by atoms with E-state index in [4.69, 9.17) is 16.7 Å². The van der Waals surface area contributed by atoms with Gasteiger partial charge in [-0.2, -0.15) is 0 Å². The van der Waals surface area contributed by atoms with Crippen molar-refractivity contribution in [2.45, 2.75) is 62.9 Å². The van der Waals surface area contributed by atoms with E-state index in [1.807, 2.05) is 36.1 Å². The van der Waals surface area contributed by atoms with Gasteiger partial charge < -0.3 is 10.4 Å². The van der Waals surface area contributed by atoms with Gasteiger partial charge in [-0.3, -0.25) is 14.5 Å². The highest BCUT2D eigenvalue weighted by Gasteiger charge is 2.45. The van der Waals surface area contributed by atoms with E-state index in [9.17, 15) is 9.59 Å². The van der Waals surface area contributed by atoms with E-state index in [1.165, 1.54) is 0 Å². The summed E-state index contributed by atoms with van der Waals surface area (Å²) < 4.78 is 0. The van der Waals surface area contributed by atoms with Gasteiger partial charge in [-0.05, 0) is 49.9 Å². The molecule has 3 rings (SSSR count). The Balaban J connectivity index is 1.62. The van der Waals surface area contributed by atoms with Crippen molar-refractivity contribution in [3.63, 3.8) is 0 Å². The first-order valence-corrected chi connectivity index (χ1v) is 9.85. The molecular formula is C20H27ClN2O3. The molecule has 2 N–H and O–H groups in total. The molecule has 0 unspecified atom stereocenters. The summed E-state index contributed by atoms with van der Waals surface area (Å²) in [6.07, 6.45) is 5.51. The monoisotopic (exact) mass is 378 g/mol. The molecule has 0 atom stereocenters. The maximum absolute atomic E-state index is 13.1. The third-order valence-electron chi connectivity index (χ3n) is 6.00. The van der Waals surface area contributed by atoms with Crippen LogP contribution in [-0.2, 0) is 15.0 Å². The summed E-state index contributed by atoms with van der Waals surface area (Å²) in [6, 6.07) is 8.05. The Bertz CT molecular complexity index is 650. The average molecular weight is 379 g/mol. The lowest BCUT2D eigenvalue weighted by molar-refractivity contribution is -0.140. The number of hydrogen-bond acceptors (Lipinski definition) is 3. The van der Waals surface area contributed by atoms with Crippen LogP contribution in [0.3, 0.4) is 0 Å². The normalized spacial score (nSPS) is 24.3. The fourth-order valence-electron chi connectivity index (χ4n) is 4.39. The number of carbonyl (C=O) groups is 2. The van der Waals surface area contributed by atoms with E-state index < -0.39 is 11.4 Å². The third-order valence-corrected chi connectivity index (χ3v) is 6.25. The molecule has 0 saturated heterocycles. The van der Waals surface area contributed by atoms with Crippen molar-refractivity contribution in [2.75, 3.05) is 13.1 Å². The fraction of sp³-hybridized carbons (Fsp3) is 0.600. The van der Waals surface area contributed by atoms with Gasteiger partial charge in [0.1, 0.15) is 0 Å². The summed E-state index contributed by atoms with van der Waals surface area (Å²) in [5.41, 5.74) is 0.607. The minimum Gasteiger partial charge on any atom is -0.480 e. The van der Waals surface area contributed by atoms with Crippen LogP contribution in [0.1, 0.15) is 51.0 Å². The number of hydrogen-bond donors (Lipinski definition) is 2. The van der Waals surface area contributed by atoms with E-state index in [0.717, 1.165) is 44.1 Å². The van der Waals surface area contributed by atoms with Crippen molar-refractivity contribution >= 4 is 23.5 Å². The van der Waals surface area contributed by atoms with E-state index in [0.29, 0.717) is 11.6 Å². The van der Waals surface area contributed by atoms with Crippen LogP contribution in [0.2, 0.25) is 5.02 Å². The molecule has 2 aliphatic rings. The molecule has 1 aromatic carbocycles. The molecular weight excluding hydrogens is 352 g/mol. The molecule has 142 valence electrons. The van der Waals surface area contributed by atoms with Crippen LogP contribution in [0.25, 0.3) is 0 Å². The number of nitrogens with one attached hydrogen (secondary N) is 1. The predicted molar refractivity (Wildman–Crippen MR) is 101 cm³/mol. The molecule has 0 bridgehead atoms. The van der Waals surface area contributed by atoms with E-state index in [2.05, 4.69) is 5.32 Å². The zero-order valence-corrected chi connectivity index (χ0v) is 16.0. The maximum atomic E-state index is 13.1. The zero-order chi connectivity index (χ0) is 18.7. The minimum atomic E-state index is -0.799. The number of carbonyl (C=O) groups excluding carboxylic acids is 1. The topological polar surface area (TPSA) is 69.6 Å². The number of amides is 1. The van der Waals surface area contributed by atoms with Crippen LogP contribution in [0.4, 0.5) is 0 Å². The van der Waals surface area contributed by atoms with E-state index >= 15 is 0 Å². The molecule has 5 nitrogen and oxygen atoms in total. The first-order valence-electron chi connectivity index (χ1n) is 9.47. The van der Waals surface area contributed by atoms with Gasteiger partial charge in [0.05, 0.1) is 12.0 Å². The van der Waals surface area contributed by atoms with E-state index in [-0.39, 0.29) is 24.5 Å². The standard InChI is InChI=1S/C20H27ClN2O3/c1-2-23(13-18(24)25)17-11-16(12-17)22-19(26)20(9-3-4-10-20)14-5-7-15(21)8-6-14/h5-8,16-17H,2-4,9-13H2,1H3,(H,22,26)(H,24,25). The van der Waals surface area contributed by atoms with Gasteiger partial charge in [-0.1, -0.05) is 43.5 Å². The van der Waals surface area contributed by atoms with Gasteiger partial charge in [0, 0.05) is 17.1 Å². The molecule has 2 fully saturated rings. The van der Waals surface area contributed by atoms with Gasteiger partial charge >= 0.3 is 5.97 Å². The van der Waals surface area contributed by atoms with Gasteiger partial charge in [0.2, 0.25) is 5.91 Å². The van der Waals surface area contributed by atoms with Gasteiger partial charge in [0.25, 0.3) is 0 Å². The highest BCUT2D eigenvalue weighted by atomic mass is 35.5. The van der Waals surface area contributed by atoms with Crippen molar-refractivity contribution in [1.82, 2.24) is 10.2 Å². The summed E-state index contributed by atoms with van der Waals surface area (Å²) in [7, 11) is 0. The highest BCUT2D eigenvalue weighted by Crippen LogP contribution is 2.42. The second-order valence-electron chi connectivity index (χ2n) is 7.55. The minimum absolute atomic E-state index is 0.0660. The van der Waals surface area contributed by atoms with Crippen molar-refractivity contribution in [2.24, 2.45) is 0 Å². The van der Waals surface area contributed by atoms with Crippen LogP contribution in [-0.4, -0.2) is 47.1 Å². The van der Waals surface area contributed by atoms with Gasteiger partial charge in [-0.25, -0.2) is 0 Å². The number of likely N-dealkylation sites (N-methyl/N-ethyl adjacent to an activating group) is 1. The molecule has 0 aromatic heterocycles. The number of nitrogens with zero attached hydrogens (tertiary/aromatic N) is 1. The highest BCUT2D eigenvalue weighted by molar-refractivity contribution is 6.30. The second-order valence-corrected chi connectivity index (χ2v) is 7.98. The second kappa shape index (κ2) is 7.97. The van der Waals surface area contributed by atoms with Gasteiger partial charge in [-0.15, -0.1) is 0 Å². The van der Waals surface area contributed by atoms with Crippen molar-refractivity contribution in [3.8, 4) is 0 Å². The van der Waals surface area contributed by atoms with Crippen molar-refractivity contribution in [1.29, 1.82) is 0 Å². The Morgan fingerprint density at radius 2 is 1.85 bits per heavy atom. The van der Waals surface area contributed by atoms with Crippen LogP contribution >= 0.6 is 11.6 Å². The summed E-state index contributed by atoms with van der Waals surface area (Å²) in [6.45, 7) is 2.76.